The van der Waals surface area contributed by atoms with E-state index in [-0.39, 0.29) is 11.5 Å². The van der Waals surface area contributed by atoms with Crippen molar-refractivity contribution in [2.75, 3.05) is 6.61 Å². The fourth-order valence-corrected chi connectivity index (χ4v) is 3.13. The minimum atomic E-state index is -0.0129. The Labute approximate surface area is 122 Å². The lowest BCUT2D eigenvalue weighted by Crippen LogP contribution is -2.15. The summed E-state index contributed by atoms with van der Waals surface area (Å²) < 4.78 is 5.75. The maximum atomic E-state index is 6.67. The average molecular weight is 281 g/mol. The molecule has 0 radical (unpaired) electrons. The normalized spacial score (nSPS) is 21.3. The van der Waals surface area contributed by atoms with Gasteiger partial charge in [-0.1, -0.05) is 45.9 Å². The minimum absolute atomic E-state index is 0.0129. The molecule has 0 aromatic heterocycles. The van der Waals surface area contributed by atoms with Crippen LogP contribution in [0, 0.1) is 0 Å². The number of halogens is 1. The maximum Gasteiger partial charge on any atom is 0.0850 e. The first-order valence-corrected chi connectivity index (χ1v) is 7.83. The molecule has 1 fully saturated rings. The lowest BCUT2D eigenvalue weighted by Gasteiger charge is -2.23. The van der Waals surface area contributed by atoms with Crippen molar-refractivity contribution < 1.29 is 4.74 Å². The van der Waals surface area contributed by atoms with Gasteiger partial charge in [0.25, 0.3) is 0 Å². The highest BCUT2D eigenvalue weighted by atomic mass is 35.5. The van der Waals surface area contributed by atoms with Crippen molar-refractivity contribution in [3.63, 3.8) is 0 Å². The average Bonchev–Trinajstić information content (AvgIpc) is 2.90. The molecule has 106 valence electrons. The summed E-state index contributed by atoms with van der Waals surface area (Å²) in [6.45, 7) is 9.80. The van der Waals surface area contributed by atoms with E-state index in [0.717, 1.165) is 19.4 Å². The van der Waals surface area contributed by atoms with Crippen LogP contribution >= 0.6 is 11.6 Å². The number of rotatable bonds is 4. The molecular weight excluding hydrogens is 256 g/mol. The Balaban J connectivity index is 2.32. The van der Waals surface area contributed by atoms with Crippen LogP contribution in [0.5, 0.6) is 0 Å². The maximum absolute atomic E-state index is 6.67. The molecule has 0 bridgehead atoms. The van der Waals surface area contributed by atoms with Crippen molar-refractivity contribution in [1.82, 2.24) is 0 Å². The van der Waals surface area contributed by atoms with Gasteiger partial charge in [-0.05, 0) is 41.4 Å². The molecule has 0 spiro atoms. The molecule has 1 heterocycles. The third-order valence-corrected chi connectivity index (χ3v) is 4.50. The van der Waals surface area contributed by atoms with Crippen LogP contribution in [-0.2, 0) is 4.74 Å². The van der Waals surface area contributed by atoms with Gasteiger partial charge in [-0.3, -0.25) is 0 Å². The quantitative estimate of drug-likeness (QED) is 0.672. The number of hydrogen-bond acceptors (Lipinski definition) is 1. The summed E-state index contributed by atoms with van der Waals surface area (Å²) in [6, 6.07) is 6.76. The number of alkyl halides is 1. The molecule has 0 amide bonds. The molecule has 1 saturated heterocycles. The summed E-state index contributed by atoms with van der Waals surface area (Å²) >= 11 is 6.67. The Morgan fingerprint density at radius 3 is 2.37 bits per heavy atom. The molecule has 0 aliphatic carbocycles. The first kappa shape index (κ1) is 14.9. The third kappa shape index (κ3) is 3.32. The third-order valence-electron chi connectivity index (χ3n) is 3.99. The van der Waals surface area contributed by atoms with Crippen LogP contribution in [0.3, 0.4) is 0 Å². The van der Waals surface area contributed by atoms with Crippen molar-refractivity contribution in [2.45, 2.75) is 63.9 Å². The SMILES string of the molecule is CC(C)c1ccc(C(Cl)C2CCCO2)c(C(C)C)c1. The Morgan fingerprint density at radius 2 is 1.84 bits per heavy atom. The summed E-state index contributed by atoms with van der Waals surface area (Å²) in [5.41, 5.74) is 4.03. The molecule has 1 aliphatic rings. The second-order valence-electron chi connectivity index (χ2n) is 6.15. The van der Waals surface area contributed by atoms with Gasteiger partial charge in [-0.25, -0.2) is 0 Å². The van der Waals surface area contributed by atoms with E-state index in [9.17, 15) is 0 Å². The Morgan fingerprint density at radius 1 is 1.11 bits per heavy atom. The molecule has 2 unspecified atom stereocenters. The van der Waals surface area contributed by atoms with Crippen LogP contribution in [-0.4, -0.2) is 12.7 Å². The molecule has 1 aromatic rings. The summed E-state index contributed by atoms with van der Waals surface area (Å²) in [7, 11) is 0. The van der Waals surface area contributed by atoms with Crippen LogP contribution in [0.4, 0.5) is 0 Å². The minimum Gasteiger partial charge on any atom is -0.376 e. The van der Waals surface area contributed by atoms with Crippen molar-refractivity contribution in [3.05, 3.63) is 34.9 Å². The van der Waals surface area contributed by atoms with Crippen LogP contribution in [0.15, 0.2) is 18.2 Å². The van der Waals surface area contributed by atoms with E-state index in [1.165, 1.54) is 16.7 Å². The van der Waals surface area contributed by atoms with Crippen LogP contribution in [0.2, 0.25) is 0 Å². The van der Waals surface area contributed by atoms with E-state index < -0.39 is 0 Å². The van der Waals surface area contributed by atoms with Crippen LogP contribution in [0.25, 0.3) is 0 Å². The lowest BCUT2D eigenvalue weighted by molar-refractivity contribution is 0.107. The van der Waals surface area contributed by atoms with Gasteiger partial charge in [-0.15, -0.1) is 11.6 Å². The highest BCUT2D eigenvalue weighted by Crippen LogP contribution is 2.37. The van der Waals surface area contributed by atoms with E-state index in [1.54, 1.807) is 0 Å². The second kappa shape index (κ2) is 6.28. The van der Waals surface area contributed by atoms with Gasteiger partial charge in [0.05, 0.1) is 11.5 Å². The van der Waals surface area contributed by atoms with Gasteiger partial charge in [-0.2, -0.15) is 0 Å². The summed E-state index contributed by atoms with van der Waals surface area (Å²) in [5.74, 6) is 1.06. The van der Waals surface area contributed by atoms with Crippen LogP contribution < -0.4 is 0 Å². The molecule has 1 nitrogen and oxygen atoms in total. The van der Waals surface area contributed by atoms with Crippen molar-refractivity contribution in [2.24, 2.45) is 0 Å². The van der Waals surface area contributed by atoms with Crippen LogP contribution in [0.1, 0.15) is 74.4 Å². The van der Waals surface area contributed by atoms with Gasteiger partial charge >= 0.3 is 0 Å². The predicted molar refractivity (Wildman–Crippen MR) is 82.2 cm³/mol. The van der Waals surface area contributed by atoms with E-state index in [2.05, 4.69) is 45.9 Å². The molecule has 2 rings (SSSR count). The summed E-state index contributed by atoms with van der Waals surface area (Å²) in [6.07, 6.45) is 2.40. The van der Waals surface area contributed by atoms with Gasteiger partial charge in [0.1, 0.15) is 0 Å². The van der Waals surface area contributed by atoms with Crippen molar-refractivity contribution in [3.8, 4) is 0 Å². The molecule has 1 aromatic carbocycles. The largest absolute Gasteiger partial charge is 0.376 e. The highest BCUT2D eigenvalue weighted by Gasteiger charge is 2.27. The molecule has 2 atom stereocenters. The van der Waals surface area contributed by atoms with Crippen molar-refractivity contribution in [1.29, 1.82) is 0 Å². The molecule has 2 heteroatoms. The van der Waals surface area contributed by atoms with Gasteiger partial charge in [0, 0.05) is 6.61 Å². The highest BCUT2D eigenvalue weighted by molar-refractivity contribution is 6.21. The Kier molecular flexibility index (Phi) is 4.92. The molecule has 19 heavy (non-hydrogen) atoms. The predicted octanol–water partition coefficient (Wildman–Crippen LogP) is 5.39. The Bertz CT molecular complexity index is 419. The molecule has 0 N–H and O–H groups in total. The summed E-state index contributed by atoms with van der Waals surface area (Å²) in [4.78, 5) is 0. The second-order valence-corrected chi connectivity index (χ2v) is 6.62. The van der Waals surface area contributed by atoms with Gasteiger partial charge in [0.15, 0.2) is 0 Å². The Hall–Kier alpha value is -0.530. The zero-order valence-corrected chi connectivity index (χ0v) is 13.2. The number of ether oxygens (including phenoxy) is 1. The van der Waals surface area contributed by atoms with E-state index in [0.29, 0.717) is 11.8 Å². The topological polar surface area (TPSA) is 9.23 Å². The standard InChI is InChI=1S/C17H25ClO/c1-11(2)13-7-8-14(15(10-13)12(3)4)17(18)16-6-5-9-19-16/h7-8,10-12,16-17H,5-6,9H2,1-4H3. The number of hydrogen-bond donors (Lipinski definition) is 0. The van der Waals surface area contributed by atoms with Gasteiger partial charge < -0.3 is 4.74 Å². The lowest BCUT2D eigenvalue weighted by atomic mass is 9.89. The molecular formula is C17H25ClO. The number of benzene rings is 1. The monoisotopic (exact) mass is 280 g/mol. The van der Waals surface area contributed by atoms with E-state index in [4.69, 9.17) is 16.3 Å². The van der Waals surface area contributed by atoms with E-state index in [1.807, 2.05) is 0 Å². The smallest absolute Gasteiger partial charge is 0.0850 e. The first-order valence-electron chi connectivity index (χ1n) is 7.40. The molecule has 0 saturated carbocycles. The fourth-order valence-electron chi connectivity index (χ4n) is 2.74. The fraction of sp³-hybridized carbons (Fsp3) is 0.647. The molecule has 1 aliphatic heterocycles. The van der Waals surface area contributed by atoms with E-state index >= 15 is 0 Å². The zero-order chi connectivity index (χ0) is 14.0. The van der Waals surface area contributed by atoms with Gasteiger partial charge in [0.2, 0.25) is 0 Å². The zero-order valence-electron chi connectivity index (χ0n) is 12.4. The van der Waals surface area contributed by atoms with Crippen molar-refractivity contribution >= 4 is 11.6 Å². The summed E-state index contributed by atoms with van der Waals surface area (Å²) in [5, 5.41) is -0.0129. The first-order chi connectivity index (χ1) is 9.00.